The first-order chi connectivity index (χ1) is 15.2. The molecule has 0 rings (SSSR count). The number of nitrogens with one attached hydrogen (secondary N) is 2. The molecule has 11 nitrogen and oxygen atoms in total. The summed E-state index contributed by atoms with van der Waals surface area (Å²) in [5, 5.41) is 14.4. The Morgan fingerprint density at radius 3 is 1.79 bits per heavy atom. The third kappa shape index (κ3) is 19.8. The first-order valence-corrected chi connectivity index (χ1v) is 11.1. The Bertz CT molecular complexity index is 624. The van der Waals surface area contributed by atoms with Crippen molar-refractivity contribution < 1.29 is 43.2 Å². The van der Waals surface area contributed by atoms with Crippen LogP contribution in [0, 0.1) is 0 Å². The van der Waals surface area contributed by atoms with Gasteiger partial charge in [-0.1, -0.05) is 0 Å². The van der Waals surface area contributed by atoms with Crippen LogP contribution in [0.4, 0.5) is 9.59 Å². The van der Waals surface area contributed by atoms with E-state index in [0.717, 1.165) is 6.42 Å². The number of amides is 2. The van der Waals surface area contributed by atoms with E-state index in [-0.39, 0.29) is 19.6 Å². The van der Waals surface area contributed by atoms with Gasteiger partial charge < -0.3 is 34.7 Å². The molecule has 0 aromatic rings. The number of ether oxygens (including phenoxy) is 4. The molecular formula is C22H40N2O9. The van der Waals surface area contributed by atoms with Gasteiger partial charge in [0.05, 0.1) is 6.61 Å². The molecule has 0 aromatic heterocycles. The Morgan fingerprint density at radius 2 is 1.30 bits per heavy atom. The maximum atomic E-state index is 11.7. The Balaban J connectivity index is 3.89. The third-order valence-corrected chi connectivity index (χ3v) is 3.74. The van der Waals surface area contributed by atoms with Gasteiger partial charge in [-0.05, 0) is 73.6 Å². The summed E-state index contributed by atoms with van der Waals surface area (Å²) >= 11 is 0. The molecule has 0 bridgehead atoms. The van der Waals surface area contributed by atoms with E-state index in [4.69, 9.17) is 18.9 Å². The van der Waals surface area contributed by atoms with Crippen LogP contribution < -0.4 is 10.6 Å². The molecule has 3 N–H and O–H groups in total. The van der Waals surface area contributed by atoms with Crippen LogP contribution in [0.5, 0.6) is 0 Å². The van der Waals surface area contributed by atoms with Crippen molar-refractivity contribution in [1.29, 1.82) is 0 Å². The number of hydrogen-bond acceptors (Lipinski definition) is 8. The van der Waals surface area contributed by atoms with Gasteiger partial charge in [-0.3, -0.25) is 0 Å². The molecule has 0 heterocycles. The van der Waals surface area contributed by atoms with Gasteiger partial charge in [0.25, 0.3) is 0 Å². The molecule has 2 amide bonds. The van der Waals surface area contributed by atoms with Crippen molar-refractivity contribution in [2.24, 2.45) is 0 Å². The summed E-state index contributed by atoms with van der Waals surface area (Å²) in [6.45, 7) is 10.9. The molecule has 0 spiro atoms. The SMILES string of the molecule is CC(C)(C)OC(=O)NCCCCCOC(=O)COC(CCCNC(=O)OC(C)(C)C)C(=O)O. The zero-order valence-corrected chi connectivity index (χ0v) is 20.7. The van der Waals surface area contributed by atoms with Crippen LogP contribution in [0.2, 0.25) is 0 Å². The van der Waals surface area contributed by atoms with E-state index in [9.17, 15) is 24.3 Å². The number of carboxylic acid groups (broad SMARTS) is 1. The van der Waals surface area contributed by atoms with Crippen LogP contribution in [-0.2, 0) is 28.5 Å². The first kappa shape index (κ1) is 30.4. The van der Waals surface area contributed by atoms with Gasteiger partial charge in [0.15, 0.2) is 6.10 Å². The van der Waals surface area contributed by atoms with E-state index in [1.54, 1.807) is 41.5 Å². The zero-order chi connectivity index (χ0) is 25.5. The second-order valence-corrected chi connectivity index (χ2v) is 9.42. The standard InChI is InChI=1S/C22H40N2O9/c1-21(2,3)32-19(28)23-12-8-7-9-14-30-17(25)15-31-16(18(26)27)11-10-13-24-20(29)33-22(4,5)6/h16H,7-15H2,1-6H3,(H,23,28)(H,24,29)(H,26,27). The minimum atomic E-state index is -1.20. The molecule has 0 aliphatic carbocycles. The molecule has 0 fully saturated rings. The number of unbranched alkanes of at least 4 members (excludes halogenated alkanes) is 2. The quantitative estimate of drug-likeness (QED) is 0.195. The van der Waals surface area contributed by atoms with Gasteiger partial charge in [0.2, 0.25) is 0 Å². The predicted octanol–water partition coefficient (Wildman–Crippen LogP) is 3.00. The lowest BCUT2D eigenvalue weighted by molar-refractivity contribution is -0.159. The molecular weight excluding hydrogens is 436 g/mol. The van der Waals surface area contributed by atoms with Crippen LogP contribution in [0.1, 0.15) is 73.6 Å². The Morgan fingerprint density at radius 1 is 0.788 bits per heavy atom. The summed E-state index contributed by atoms with van der Waals surface area (Å²) in [6.07, 6.45) is 0.237. The lowest BCUT2D eigenvalue weighted by atomic mass is 10.2. The topological polar surface area (TPSA) is 149 Å². The average Bonchev–Trinajstić information content (AvgIpc) is 2.63. The largest absolute Gasteiger partial charge is 0.479 e. The molecule has 0 radical (unpaired) electrons. The highest BCUT2D eigenvalue weighted by Crippen LogP contribution is 2.08. The molecule has 1 atom stereocenters. The van der Waals surface area contributed by atoms with Crippen LogP contribution >= 0.6 is 0 Å². The van der Waals surface area contributed by atoms with Gasteiger partial charge in [-0.15, -0.1) is 0 Å². The van der Waals surface area contributed by atoms with Crippen LogP contribution in [-0.4, -0.2) is 72.8 Å². The number of carboxylic acids is 1. The third-order valence-electron chi connectivity index (χ3n) is 3.74. The van der Waals surface area contributed by atoms with E-state index in [0.29, 0.717) is 25.8 Å². The average molecular weight is 477 g/mol. The fourth-order valence-electron chi connectivity index (χ4n) is 2.37. The highest BCUT2D eigenvalue weighted by atomic mass is 16.6. The Hall–Kier alpha value is -2.56. The molecule has 0 aliphatic heterocycles. The monoisotopic (exact) mass is 476 g/mol. The Kier molecular flexibility index (Phi) is 14.1. The number of hydrogen-bond donors (Lipinski definition) is 3. The lowest BCUT2D eigenvalue weighted by Crippen LogP contribution is -2.34. The smallest absolute Gasteiger partial charge is 0.407 e. The normalized spacial score (nSPS) is 12.4. The summed E-state index contributed by atoms with van der Waals surface area (Å²) in [6, 6.07) is 0. The lowest BCUT2D eigenvalue weighted by Gasteiger charge is -2.20. The number of esters is 1. The van der Waals surface area contributed by atoms with E-state index >= 15 is 0 Å². The molecule has 11 heteroatoms. The molecule has 0 saturated heterocycles. The van der Waals surface area contributed by atoms with Crippen molar-refractivity contribution in [1.82, 2.24) is 10.6 Å². The van der Waals surface area contributed by atoms with Gasteiger partial charge in [-0.25, -0.2) is 19.2 Å². The minimum Gasteiger partial charge on any atom is -0.479 e. The predicted molar refractivity (Wildman–Crippen MR) is 120 cm³/mol. The highest BCUT2D eigenvalue weighted by molar-refractivity contribution is 5.74. The van der Waals surface area contributed by atoms with Crippen molar-refractivity contribution in [3.05, 3.63) is 0 Å². The summed E-state index contributed by atoms with van der Waals surface area (Å²) < 4.78 is 20.4. The molecule has 0 saturated carbocycles. The van der Waals surface area contributed by atoms with Gasteiger partial charge in [-0.2, -0.15) is 0 Å². The highest BCUT2D eigenvalue weighted by Gasteiger charge is 2.20. The Labute approximate surface area is 195 Å². The molecule has 1 unspecified atom stereocenters. The number of alkyl carbamates (subject to hydrolysis) is 2. The van der Waals surface area contributed by atoms with Crippen molar-refractivity contribution in [2.75, 3.05) is 26.3 Å². The van der Waals surface area contributed by atoms with Crippen molar-refractivity contribution in [3.8, 4) is 0 Å². The maximum absolute atomic E-state index is 11.7. The summed E-state index contributed by atoms with van der Waals surface area (Å²) in [4.78, 5) is 46.1. The first-order valence-electron chi connectivity index (χ1n) is 11.1. The molecule has 0 aliphatic rings. The number of carbonyl (C=O) groups excluding carboxylic acids is 3. The second-order valence-electron chi connectivity index (χ2n) is 9.42. The van der Waals surface area contributed by atoms with Crippen LogP contribution in [0.15, 0.2) is 0 Å². The van der Waals surface area contributed by atoms with Crippen molar-refractivity contribution in [2.45, 2.75) is 91.0 Å². The van der Waals surface area contributed by atoms with Crippen LogP contribution in [0.3, 0.4) is 0 Å². The van der Waals surface area contributed by atoms with Gasteiger partial charge in [0.1, 0.15) is 17.8 Å². The number of rotatable bonds is 14. The fourth-order valence-corrected chi connectivity index (χ4v) is 2.37. The van der Waals surface area contributed by atoms with Gasteiger partial charge >= 0.3 is 24.1 Å². The maximum Gasteiger partial charge on any atom is 0.407 e. The van der Waals surface area contributed by atoms with Gasteiger partial charge in [0, 0.05) is 13.1 Å². The van der Waals surface area contributed by atoms with Crippen molar-refractivity contribution >= 4 is 24.1 Å². The molecule has 0 aromatic carbocycles. The second kappa shape index (κ2) is 15.3. The summed E-state index contributed by atoms with van der Waals surface area (Å²) in [5.74, 6) is -1.85. The zero-order valence-electron chi connectivity index (χ0n) is 20.7. The van der Waals surface area contributed by atoms with E-state index in [1.165, 1.54) is 0 Å². The fraction of sp³-hybridized carbons (Fsp3) is 0.818. The minimum absolute atomic E-state index is 0.114. The van der Waals surface area contributed by atoms with E-state index in [1.807, 2.05) is 0 Å². The van der Waals surface area contributed by atoms with E-state index in [2.05, 4.69) is 10.6 Å². The van der Waals surface area contributed by atoms with E-state index < -0.39 is 48.0 Å². The number of carbonyl (C=O) groups is 4. The number of aliphatic carboxylic acids is 1. The van der Waals surface area contributed by atoms with Crippen LogP contribution in [0.25, 0.3) is 0 Å². The molecule has 33 heavy (non-hydrogen) atoms. The van der Waals surface area contributed by atoms with Crippen molar-refractivity contribution in [3.63, 3.8) is 0 Å². The summed E-state index contributed by atoms with van der Waals surface area (Å²) in [7, 11) is 0. The summed E-state index contributed by atoms with van der Waals surface area (Å²) in [5.41, 5.74) is -1.16. The molecule has 192 valence electrons.